The quantitative estimate of drug-likeness (QED) is 0.496. The van der Waals surface area contributed by atoms with E-state index < -0.39 is 0 Å². The number of aryl methyl sites for hydroxylation is 1. The maximum absolute atomic E-state index is 13.4. The minimum atomic E-state index is -0.146. The second kappa shape index (κ2) is 11.1. The van der Waals surface area contributed by atoms with Crippen molar-refractivity contribution < 1.29 is 14.3 Å². The van der Waals surface area contributed by atoms with Gasteiger partial charge in [0.25, 0.3) is 0 Å². The van der Waals surface area contributed by atoms with Crippen LogP contribution in [0, 0.1) is 0 Å². The molecule has 0 saturated heterocycles. The second-order valence-electron chi connectivity index (χ2n) is 7.84. The third kappa shape index (κ3) is 6.45. The number of methoxy groups -OCH3 is 1. The number of benzene rings is 3. The number of rotatable bonds is 9. The molecule has 0 heterocycles. The van der Waals surface area contributed by atoms with E-state index in [2.05, 4.69) is 5.32 Å². The maximum atomic E-state index is 13.4. The zero-order valence-corrected chi connectivity index (χ0v) is 18.9. The monoisotopic (exact) mass is 430 g/mol. The topological polar surface area (TPSA) is 58.6 Å². The summed E-state index contributed by atoms with van der Waals surface area (Å²) in [6.07, 6.45) is 1.07. The van der Waals surface area contributed by atoms with Crippen LogP contribution in [0.25, 0.3) is 0 Å². The highest BCUT2D eigenvalue weighted by molar-refractivity contribution is 5.88. The Labute approximate surface area is 190 Å². The molecule has 1 N–H and O–H groups in total. The molecule has 5 heteroatoms. The molecule has 0 aliphatic carbocycles. The lowest BCUT2D eigenvalue weighted by molar-refractivity contribution is -0.134. The molecule has 0 aliphatic heterocycles. The molecule has 3 aromatic carbocycles. The summed E-state index contributed by atoms with van der Waals surface area (Å²) in [7, 11) is 1.64. The number of amides is 2. The molecule has 0 radical (unpaired) electrons. The van der Waals surface area contributed by atoms with Gasteiger partial charge in [0.1, 0.15) is 5.75 Å². The van der Waals surface area contributed by atoms with Crippen molar-refractivity contribution in [1.82, 2.24) is 4.90 Å². The SMILES string of the molecule is COc1ccc(CCC(=O)N(Cc2ccccc2)C(C)c2cccc(NC(C)=O)c2)cc1. The lowest BCUT2D eigenvalue weighted by Gasteiger charge is -2.30. The van der Waals surface area contributed by atoms with Gasteiger partial charge in [0.15, 0.2) is 0 Å². The Morgan fingerprint density at radius 2 is 1.66 bits per heavy atom. The Morgan fingerprint density at radius 3 is 2.31 bits per heavy atom. The smallest absolute Gasteiger partial charge is 0.223 e. The molecule has 32 heavy (non-hydrogen) atoms. The zero-order chi connectivity index (χ0) is 22.9. The van der Waals surface area contributed by atoms with Gasteiger partial charge < -0.3 is 15.0 Å². The van der Waals surface area contributed by atoms with Crippen LogP contribution in [0.3, 0.4) is 0 Å². The van der Waals surface area contributed by atoms with Crippen LogP contribution in [0.5, 0.6) is 5.75 Å². The second-order valence-corrected chi connectivity index (χ2v) is 7.84. The van der Waals surface area contributed by atoms with E-state index in [-0.39, 0.29) is 17.9 Å². The summed E-state index contributed by atoms with van der Waals surface area (Å²) in [5, 5.41) is 2.82. The number of carbonyl (C=O) groups excluding carboxylic acids is 2. The van der Waals surface area contributed by atoms with Crippen molar-refractivity contribution in [3.05, 3.63) is 95.6 Å². The zero-order valence-electron chi connectivity index (χ0n) is 18.9. The van der Waals surface area contributed by atoms with Crippen molar-refractivity contribution in [2.45, 2.75) is 39.3 Å². The van der Waals surface area contributed by atoms with E-state index in [0.29, 0.717) is 19.4 Å². The van der Waals surface area contributed by atoms with Crippen molar-refractivity contribution in [2.75, 3.05) is 12.4 Å². The molecule has 5 nitrogen and oxygen atoms in total. The molecule has 3 aromatic rings. The molecule has 0 aliphatic rings. The third-order valence-corrected chi connectivity index (χ3v) is 5.46. The van der Waals surface area contributed by atoms with Crippen LogP contribution in [0.1, 0.15) is 43.0 Å². The fourth-order valence-electron chi connectivity index (χ4n) is 3.67. The average molecular weight is 431 g/mol. The van der Waals surface area contributed by atoms with Gasteiger partial charge in [0.2, 0.25) is 11.8 Å². The van der Waals surface area contributed by atoms with Gasteiger partial charge in [-0.15, -0.1) is 0 Å². The predicted molar refractivity (Wildman–Crippen MR) is 127 cm³/mol. The summed E-state index contributed by atoms with van der Waals surface area (Å²) < 4.78 is 5.21. The summed E-state index contributed by atoms with van der Waals surface area (Å²) in [6.45, 7) is 4.04. The third-order valence-electron chi connectivity index (χ3n) is 5.46. The molecule has 0 saturated carbocycles. The molecule has 166 valence electrons. The van der Waals surface area contributed by atoms with E-state index in [1.807, 2.05) is 90.7 Å². The highest BCUT2D eigenvalue weighted by atomic mass is 16.5. The summed E-state index contributed by atoms with van der Waals surface area (Å²) in [6, 6.07) is 25.4. The van der Waals surface area contributed by atoms with Gasteiger partial charge in [-0.25, -0.2) is 0 Å². The maximum Gasteiger partial charge on any atom is 0.223 e. The number of nitrogens with zero attached hydrogens (tertiary/aromatic N) is 1. The summed E-state index contributed by atoms with van der Waals surface area (Å²) in [5.41, 5.74) is 3.88. The largest absolute Gasteiger partial charge is 0.497 e. The Hall–Kier alpha value is -3.60. The lowest BCUT2D eigenvalue weighted by atomic mass is 10.0. The highest BCUT2D eigenvalue weighted by Gasteiger charge is 2.22. The molecule has 0 bridgehead atoms. The van der Waals surface area contributed by atoms with Gasteiger partial charge in [-0.3, -0.25) is 9.59 Å². The van der Waals surface area contributed by atoms with E-state index in [1.54, 1.807) is 7.11 Å². The van der Waals surface area contributed by atoms with Crippen LogP contribution < -0.4 is 10.1 Å². The van der Waals surface area contributed by atoms with E-state index in [4.69, 9.17) is 4.74 Å². The highest BCUT2D eigenvalue weighted by Crippen LogP contribution is 2.26. The minimum Gasteiger partial charge on any atom is -0.497 e. The number of ether oxygens (including phenoxy) is 1. The van der Waals surface area contributed by atoms with Gasteiger partial charge in [0.05, 0.1) is 13.2 Å². The summed E-state index contributed by atoms with van der Waals surface area (Å²) in [4.78, 5) is 26.7. The predicted octanol–water partition coefficient (Wildman–Crippen LogP) is 5.38. The van der Waals surface area contributed by atoms with Crippen molar-refractivity contribution >= 4 is 17.5 Å². The van der Waals surface area contributed by atoms with Crippen LogP contribution in [-0.4, -0.2) is 23.8 Å². The van der Waals surface area contributed by atoms with E-state index in [1.165, 1.54) is 6.92 Å². The Kier molecular flexibility index (Phi) is 8.03. The van der Waals surface area contributed by atoms with Crippen LogP contribution in [0.15, 0.2) is 78.9 Å². The standard InChI is InChI=1S/C27H30N2O3/c1-20(24-10-7-11-25(18-24)28-21(2)30)29(19-23-8-5-4-6-9-23)27(31)17-14-22-12-15-26(32-3)16-13-22/h4-13,15-16,18,20H,14,17,19H2,1-3H3,(H,28,30). The van der Waals surface area contributed by atoms with E-state index >= 15 is 0 Å². The van der Waals surface area contributed by atoms with E-state index in [0.717, 1.165) is 28.1 Å². The van der Waals surface area contributed by atoms with Crippen molar-refractivity contribution in [3.8, 4) is 5.75 Å². The van der Waals surface area contributed by atoms with Gasteiger partial charge in [-0.05, 0) is 54.3 Å². The first-order valence-corrected chi connectivity index (χ1v) is 10.8. The number of anilines is 1. The Balaban J connectivity index is 1.79. The normalized spacial score (nSPS) is 11.5. The van der Waals surface area contributed by atoms with Crippen molar-refractivity contribution in [1.29, 1.82) is 0 Å². The molecule has 1 atom stereocenters. The van der Waals surface area contributed by atoms with Gasteiger partial charge in [-0.2, -0.15) is 0 Å². The molecular weight excluding hydrogens is 400 g/mol. The molecule has 3 rings (SSSR count). The molecule has 1 unspecified atom stereocenters. The first-order valence-electron chi connectivity index (χ1n) is 10.8. The summed E-state index contributed by atoms with van der Waals surface area (Å²) >= 11 is 0. The fourth-order valence-corrected chi connectivity index (χ4v) is 3.67. The molecule has 0 aromatic heterocycles. The van der Waals surface area contributed by atoms with Crippen LogP contribution >= 0.6 is 0 Å². The lowest BCUT2D eigenvalue weighted by Crippen LogP contribution is -2.33. The number of hydrogen-bond donors (Lipinski definition) is 1. The van der Waals surface area contributed by atoms with Gasteiger partial charge >= 0.3 is 0 Å². The molecular formula is C27H30N2O3. The van der Waals surface area contributed by atoms with Crippen molar-refractivity contribution in [2.24, 2.45) is 0 Å². The van der Waals surface area contributed by atoms with E-state index in [9.17, 15) is 9.59 Å². The van der Waals surface area contributed by atoms with Crippen molar-refractivity contribution in [3.63, 3.8) is 0 Å². The first-order chi connectivity index (χ1) is 15.5. The fraction of sp³-hybridized carbons (Fsp3) is 0.259. The first kappa shape index (κ1) is 23.1. The van der Waals surface area contributed by atoms with Gasteiger partial charge in [-0.1, -0.05) is 54.6 Å². The average Bonchev–Trinajstić information content (AvgIpc) is 2.81. The Bertz CT molecular complexity index is 1030. The number of hydrogen-bond acceptors (Lipinski definition) is 3. The van der Waals surface area contributed by atoms with Crippen LogP contribution in [-0.2, 0) is 22.6 Å². The van der Waals surface area contributed by atoms with Crippen LogP contribution in [0.4, 0.5) is 5.69 Å². The number of nitrogens with one attached hydrogen (secondary N) is 1. The summed E-state index contributed by atoms with van der Waals surface area (Å²) in [5.74, 6) is 0.770. The molecule has 2 amide bonds. The van der Waals surface area contributed by atoms with Gasteiger partial charge in [0, 0.05) is 25.6 Å². The van der Waals surface area contributed by atoms with Crippen LogP contribution in [0.2, 0.25) is 0 Å². The molecule has 0 fully saturated rings. The number of carbonyl (C=O) groups is 2. The Morgan fingerprint density at radius 1 is 0.938 bits per heavy atom. The minimum absolute atomic E-state index is 0.0853. The molecule has 0 spiro atoms.